The zero-order valence-corrected chi connectivity index (χ0v) is 22.6. The number of aliphatic carboxylic acids is 1. The summed E-state index contributed by atoms with van der Waals surface area (Å²) in [6, 6.07) is 24.6. The van der Waals surface area contributed by atoms with Crippen LogP contribution in [-0.4, -0.2) is 29.0 Å². The van der Waals surface area contributed by atoms with E-state index in [1.54, 1.807) is 0 Å². The molecule has 2 heterocycles. The van der Waals surface area contributed by atoms with E-state index in [-0.39, 0.29) is 29.6 Å². The van der Waals surface area contributed by atoms with Gasteiger partial charge < -0.3 is 19.1 Å². The first kappa shape index (κ1) is 26.2. The molecule has 1 aliphatic heterocycles. The first-order valence-electron chi connectivity index (χ1n) is 11.8. The topological polar surface area (TPSA) is 78.6 Å². The van der Waals surface area contributed by atoms with Gasteiger partial charge in [0.2, 0.25) is 5.89 Å². The SMILES string of the molecule is Cc1oc(-c2ccccc2)nc1CCOc1ccc2c(c1)C(C(=O)[O-])N(Cc1ccccc1)CC2.[Na+]. The normalized spacial score (nSPS) is 15.1. The van der Waals surface area contributed by atoms with Gasteiger partial charge in [-0.15, -0.1) is 0 Å². The summed E-state index contributed by atoms with van der Waals surface area (Å²) in [6.07, 6.45) is 1.37. The minimum Gasteiger partial charge on any atom is -0.548 e. The number of carbonyl (C=O) groups excluding carboxylic acids is 1. The fourth-order valence-electron chi connectivity index (χ4n) is 4.63. The first-order valence-corrected chi connectivity index (χ1v) is 11.8. The number of rotatable bonds is 8. The monoisotopic (exact) mass is 490 g/mol. The predicted molar refractivity (Wildman–Crippen MR) is 131 cm³/mol. The summed E-state index contributed by atoms with van der Waals surface area (Å²) < 4.78 is 11.8. The molecule has 0 radical (unpaired) electrons. The van der Waals surface area contributed by atoms with Crippen LogP contribution < -0.4 is 39.4 Å². The maximum absolute atomic E-state index is 12.2. The van der Waals surface area contributed by atoms with Crippen molar-refractivity contribution >= 4 is 5.97 Å². The molecule has 36 heavy (non-hydrogen) atoms. The molecule has 1 aromatic heterocycles. The molecule has 1 unspecified atom stereocenters. The molecule has 0 aliphatic carbocycles. The molecule has 0 amide bonds. The summed E-state index contributed by atoms with van der Waals surface area (Å²) in [5.74, 6) is 0.917. The number of carbonyl (C=O) groups is 1. The molecular weight excluding hydrogens is 463 g/mol. The number of oxazole rings is 1. The summed E-state index contributed by atoms with van der Waals surface area (Å²) in [5, 5.41) is 12.2. The summed E-state index contributed by atoms with van der Waals surface area (Å²) in [6.45, 7) is 3.53. The zero-order chi connectivity index (χ0) is 24.2. The molecule has 0 N–H and O–H groups in total. The number of benzene rings is 3. The zero-order valence-electron chi connectivity index (χ0n) is 20.6. The van der Waals surface area contributed by atoms with Gasteiger partial charge in [0, 0.05) is 25.1 Å². The number of fused-ring (bicyclic) bond motifs is 1. The number of aromatic nitrogens is 1. The average molecular weight is 491 g/mol. The van der Waals surface area contributed by atoms with Crippen LogP contribution in [0.5, 0.6) is 5.75 Å². The molecule has 0 saturated heterocycles. The minimum absolute atomic E-state index is 0. The van der Waals surface area contributed by atoms with Crippen LogP contribution >= 0.6 is 0 Å². The van der Waals surface area contributed by atoms with Crippen LogP contribution in [0.2, 0.25) is 0 Å². The summed E-state index contributed by atoms with van der Waals surface area (Å²) in [5.41, 5.74) is 4.63. The van der Waals surface area contributed by atoms with Crippen molar-refractivity contribution in [2.45, 2.75) is 32.4 Å². The van der Waals surface area contributed by atoms with Crippen molar-refractivity contribution in [1.29, 1.82) is 0 Å². The van der Waals surface area contributed by atoms with Gasteiger partial charge in [-0.25, -0.2) is 4.98 Å². The van der Waals surface area contributed by atoms with Crippen LogP contribution in [0.25, 0.3) is 11.5 Å². The molecule has 1 atom stereocenters. The van der Waals surface area contributed by atoms with Crippen molar-refractivity contribution in [3.8, 4) is 17.2 Å². The fourth-order valence-corrected chi connectivity index (χ4v) is 4.63. The fraction of sp³-hybridized carbons (Fsp3) is 0.241. The molecule has 3 aromatic carbocycles. The van der Waals surface area contributed by atoms with E-state index in [0.29, 0.717) is 37.8 Å². The maximum atomic E-state index is 12.2. The number of ether oxygens (including phenoxy) is 1. The van der Waals surface area contributed by atoms with Gasteiger partial charge in [0.25, 0.3) is 0 Å². The molecule has 0 spiro atoms. The van der Waals surface area contributed by atoms with Gasteiger partial charge in [-0.2, -0.15) is 0 Å². The number of hydrogen-bond acceptors (Lipinski definition) is 6. The third kappa shape index (κ3) is 5.90. The second-order valence-electron chi connectivity index (χ2n) is 8.77. The number of carboxylic acids is 1. The van der Waals surface area contributed by atoms with E-state index in [2.05, 4.69) is 4.98 Å². The van der Waals surface area contributed by atoms with Crippen molar-refractivity contribution in [2.75, 3.05) is 13.2 Å². The Kier molecular flexibility index (Phi) is 8.64. The second kappa shape index (κ2) is 11.9. The van der Waals surface area contributed by atoms with Crippen LogP contribution in [0.1, 0.15) is 34.2 Å². The summed E-state index contributed by atoms with van der Waals surface area (Å²) in [4.78, 5) is 18.8. The number of nitrogens with zero attached hydrogens (tertiary/aromatic N) is 2. The van der Waals surface area contributed by atoms with Gasteiger partial charge in [0.05, 0.1) is 24.3 Å². The average Bonchev–Trinajstić information content (AvgIpc) is 3.25. The smallest absolute Gasteiger partial charge is 0.548 e. The van der Waals surface area contributed by atoms with Crippen molar-refractivity contribution in [3.63, 3.8) is 0 Å². The Labute approximate surface area is 233 Å². The standard InChI is InChI=1S/C29H28N2O4.Na/c1-20-26(30-28(35-20)23-10-6-3-7-11-23)15-17-34-24-13-12-22-14-16-31(19-21-8-4-2-5-9-21)27(29(32)33)25(22)18-24;/h2-13,18,27H,14-17,19H2,1H3,(H,32,33);/q;+1/p-1. The quantitative estimate of drug-likeness (QED) is 0.345. The van der Waals surface area contributed by atoms with E-state index in [1.165, 1.54) is 0 Å². The number of carboxylic acid groups (broad SMARTS) is 1. The first-order chi connectivity index (χ1) is 17.1. The van der Waals surface area contributed by atoms with E-state index in [0.717, 1.165) is 40.1 Å². The Morgan fingerprint density at radius 1 is 1.08 bits per heavy atom. The van der Waals surface area contributed by atoms with Gasteiger partial charge in [-0.05, 0) is 54.3 Å². The van der Waals surface area contributed by atoms with E-state index >= 15 is 0 Å². The van der Waals surface area contributed by atoms with Crippen molar-refractivity contribution in [3.05, 3.63) is 107 Å². The van der Waals surface area contributed by atoms with Crippen LogP contribution in [0.3, 0.4) is 0 Å². The number of hydrogen-bond donors (Lipinski definition) is 0. The Balaban J connectivity index is 0.00000304. The molecular formula is C29H27N2NaO4. The Morgan fingerprint density at radius 3 is 2.53 bits per heavy atom. The van der Waals surface area contributed by atoms with Gasteiger partial charge in [-0.3, -0.25) is 4.90 Å². The van der Waals surface area contributed by atoms with Gasteiger partial charge in [0.15, 0.2) is 0 Å². The van der Waals surface area contributed by atoms with Crippen LogP contribution in [0.15, 0.2) is 83.3 Å². The molecule has 4 aromatic rings. The molecule has 7 heteroatoms. The van der Waals surface area contributed by atoms with E-state index in [1.807, 2.05) is 90.7 Å². The van der Waals surface area contributed by atoms with Crippen molar-refractivity contribution in [2.24, 2.45) is 0 Å². The molecule has 0 bridgehead atoms. The summed E-state index contributed by atoms with van der Waals surface area (Å²) >= 11 is 0. The molecule has 1 aliphatic rings. The van der Waals surface area contributed by atoms with E-state index < -0.39 is 12.0 Å². The van der Waals surface area contributed by atoms with Gasteiger partial charge >= 0.3 is 29.6 Å². The third-order valence-corrected chi connectivity index (χ3v) is 6.42. The molecule has 178 valence electrons. The molecule has 0 fully saturated rings. The molecule has 6 nitrogen and oxygen atoms in total. The number of aryl methyl sites for hydroxylation is 1. The summed E-state index contributed by atoms with van der Waals surface area (Å²) in [7, 11) is 0. The van der Waals surface area contributed by atoms with Crippen molar-refractivity contribution in [1.82, 2.24) is 9.88 Å². The maximum Gasteiger partial charge on any atom is 1.00 e. The van der Waals surface area contributed by atoms with Crippen LogP contribution in [0, 0.1) is 6.92 Å². The second-order valence-corrected chi connectivity index (χ2v) is 8.77. The molecule has 0 saturated carbocycles. The Bertz CT molecular complexity index is 1310. The van der Waals surface area contributed by atoms with E-state index in [4.69, 9.17) is 9.15 Å². The minimum atomic E-state index is -1.09. The van der Waals surface area contributed by atoms with E-state index in [9.17, 15) is 9.90 Å². The largest absolute Gasteiger partial charge is 1.00 e. The predicted octanol–water partition coefficient (Wildman–Crippen LogP) is 1.12. The van der Waals surface area contributed by atoms with Crippen LogP contribution in [-0.2, 0) is 24.2 Å². The van der Waals surface area contributed by atoms with Crippen LogP contribution in [0.4, 0.5) is 0 Å². The Hall–Kier alpha value is -2.90. The Morgan fingerprint density at radius 2 is 1.81 bits per heavy atom. The molecule has 5 rings (SSSR count). The third-order valence-electron chi connectivity index (χ3n) is 6.42. The van der Waals surface area contributed by atoms with Gasteiger partial charge in [-0.1, -0.05) is 54.6 Å². The van der Waals surface area contributed by atoms with Gasteiger partial charge in [0.1, 0.15) is 11.5 Å². The van der Waals surface area contributed by atoms with Crippen molar-refractivity contribution < 1.29 is 48.6 Å².